The van der Waals surface area contributed by atoms with Gasteiger partial charge in [0.2, 0.25) is 5.71 Å². The lowest BCUT2D eigenvalue weighted by Gasteiger charge is -1.95. The molecule has 2 aromatic heterocycles. The largest absolute Gasteiger partial charge is 0.444 e. The summed E-state index contributed by atoms with van der Waals surface area (Å²) in [4.78, 5) is 24.9. The molecule has 74 valence electrons. The standard InChI is InChI=1S/C9H10N2O3/c1-4-5(2)14-8-6(4)7(12)10-9(13)11(8)3/h1-3H3,(H,10,12,13). The third-order valence-electron chi connectivity index (χ3n) is 2.42. The summed E-state index contributed by atoms with van der Waals surface area (Å²) in [5.41, 5.74) is 0.249. The summed E-state index contributed by atoms with van der Waals surface area (Å²) in [6.07, 6.45) is 0. The minimum atomic E-state index is -0.462. The van der Waals surface area contributed by atoms with Crippen molar-refractivity contribution in [2.24, 2.45) is 7.05 Å². The first-order valence-corrected chi connectivity index (χ1v) is 4.21. The van der Waals surface area contributed by atoms with Crippen LogP contribution in [-0.2, 0) is 7.05 Å². The highest BCUT2D eigenvalue weighted by atomic mass is 16.3. The molecule has 14 heavy (non-hydrogen) atoms. The van der Waals surface area contributed by atoms with Gasteiger partial charge in [0.25, 0.3) is 5.56 Å². The molecule has 0 aliphatic rings. The third kappa shape index (κ3) is 0.951. The Labute approximate surface area is 79.0 Å². The maximum absolute atomic E-state index is 11.5. The molecule has 2 aromatic rings. The molecular formula is C9H10N2O3. The van der Waals surface area contributed by atoms with Crippen LogP contribution in [0.15, 0.2) is 14.0 Å². The van der Waals surface area contributed by atoms with Gasteiger partial charge in [0.05, 0.1) is 0 Å². The zero-order valence-corrected chi connectivity index (χ0v) is 8.17. The molecule has 0 bridgehead atoms. The Bertz CT molecular complexity index is 615. The molecule has 0 aliphatic heterocycles. The number of hydrogen-bond acceptors (Lipinski definition) is 3. The van der Waals surface area contributed by atoms with Crippen molar-refractivity contribution in [2.75, 3.05) is 0 Å². The summed E-state index contributed by atoms with van der Waals surface area (Å²) >= 11 is 0. The SMILES string of the molecule is Cc1oc2c(c1C)c(=O)[nH]c(=O)n2C. The molecule has 0 radical (unpaired) electrons. The summed E-state index contributed by atoms with van der Waals surface area (Å²) in [5, 5.41) is 0.449. The van der Waals surface area contributed by atoms with Crippen LogP contribution in [0, 0.1) is 13.8 Å². The molecule has 0 aromatic carbocycles. The van der Waals surface area contributed by atoms with Gasteiger partial charge >= 0.3 is 5.69 Å². The van der Waals surface area contributed by atoms with Gasteiger partial charge in [0, 0.05) is 12.6 Å². The first kappa shape index (κ1) is 8.80. The number of hydrogen-bond donors (Lipinski definition) is 1. The molecule has 0 saturated heterocycles. The van der Waals surface area contributed by atoms with Crippen molar-refractivity contribution >= 4 is 11.1 Å². The maximum Gasteiger partial charge on any atom is 0.330 e. The van der Waals surface area contributed by atoms with Crippen molar-refractivity contribution in [3.05, 3.63) is 32.2 Å². The highest BCUT2D eigenvalue weighted by molar-refractivity contribution is 5.77. The average Bonchev–Trinajstić information content (AvgIpc) is 2.40. The van der Waals surface area contributed by atoms with Gasteiger partial charge in [-0.2, -0.15) is 0 Å². The molecule has 0 amide bonds. The Kier molecular flexibility index (Phi) is 1.64. The second-order valence-electron chi connectivity index (χ2n) is 3.28. The van der Waals surface area contributed by atoms with Crippen LogP contribution in [0.2, 0.25) is 0 Å². The normalized spacial score (nSPS) is 11.1. The second-order valence-corrected chi connectivity index (χ2v) is 3.28. The van der Waals surface area contributed by atoms with Gasteiger partial charge in [-0.05, 0) is 13.8 Å². The maximum atomic E-state index is 11.5. The van der Waals surface area contributed by atoms with E-state index >= 15 is 0 Å². The predicted octanol–water partition coefficient (Wildman–Crippen LogP) is 0.437. The van der Waals surface area contributed by atoms with E-state index in [0.29, 0.717) is 16.9 Å². The number of aromatic nitrogens is 2. The summed E-state index contributed by atoms with van der Waals surface area (Å²) < 4.78 is 6.62. The van der Waals surface area contributed by atoms with Gasteiger partial charge in [0.15, 0.2) is 0 Å². The second kappa shape index (κ2) is 2.60. The van der Waals surface area contributed by atoms with Crippen LogP contribution in [0.3, 0.4) is 0 Å². The van der Waals surface area contributed by atoms with E-state index in [1.165, 1.54) is 4.57 Å². The summed E-state index contributed by atoms with van der Waals surface area (Å²) in [7, 11) is 1.56. The molecule has 2 rings (SSSR count). The fourth-order valence-electron chi connectivity index (χ4n) is 1.45. The predicted molar refractivity (Wildman–Crippen MR) is 51.5 cm³/mol. The first-order valence-electron chi connectivity index (χ1n) is 4.21. The van der Waals surface area contributed by atoms with Gasteiger partial charge in [0.1, 0.15) is 11.1 Å². The number of nitrogens with zero attached hydrogens (tertiary/aromatic N) is 1. The first-order chi connectivity index (χ1) is 6.52. The Morgan fingerprint density at radius 1 is 1.29 bits per heavy atom. The third-order valence-corrected chi connectivity index (χ3v) is 2.42. The molecule has 1 N–H and O–H groups in total. The molecule has 2 heterocycles. The molecule has 0 fully saturated rings. The van der Waals surface area contributed by atoms with Crippen LogP contribution in [0.1, 0.15) is 11.3 Å². The van der Waals surface area contributed by atoms with Crippen molar-refractivity contribution in [1.29, 1.82) is 0 Å². The van der Waals surface area contributed by atoms with Crippen molar-refractivity contribution in [3.8, 4) is 0 Å². The van der Waals surface area contributed by atoms with Gasteiger partial charge < -0.3 is 4.42 Å². The zero-order chi connectivity index (χ0) is 10.5. The number of furan rings is 1. The summed E-state index contributed by atoms with van der Waals surface area (Å²) in [5.74, 6) is 0.659. The monoisotopic (exact) mass is 194 g/mol. The van der Waals surface area contributed by atoms with Gasteiger partial charge in [-0.3, -0.25) is 14.3 Å². The number of aromatic amines is 1. The number of nitrogens with one attached hydrogen (secondary N) is 1. The van der Waals surface area contributed by atoms with E-state index in [-0.39, 0.29) is 0 Å². The van der Waals surface area contributed by atoms with Crippen LogP contribution < -0.4 is 11.2 Å². The lowest BCUT2D eigenvalue weighted by Crippen LogP contribution is -2.27. The van der Waals surface area contributed by atoms with Gasteiger partial charge in [-0.1, -0.05) is 0 Å². The Hall–Kier alpha value is -1.78. The van der Waals surface area contributed by atoms with Crippen molar-refractivity contribution in [2.45, 2.75) is 13.8 Å². The molecule has 0 saturated carbocycles. The smallest absolute Gasteiger partial charge is 0.330 e. The van der Waals surface area contributed by atoms with E-state index in [2.05, 4.69) is 4.98 Å². The minimum absolute atomic E-state index is 0.328. The quantitative estimate of drug-likeness (QED) is 0.661. The van der Waals surface area contributed by atoms with E-state index in [9.17, 15) is 9.59 Å². The number of rotatable bonds is 0. The summed E-state index contributed by atoms with van der Waals surface area (Å²) in [6.45, 7) is 3.56. The topological polar surface area (TPSA) is 68.0 Å². The average molecular weight is 194 g/mol. The molecule has 0 spiro atoms. The van der Waals surface area contributed by atoms with E-state index in [1.807, 2.05) is 0 Å². The molecular weight excluding hydrogens is 184 g/mol. The van der Waals surface area contributed by atoms with E-state index in [1.54, 1.807) is 20.9 Å². The van der Waals surface area contributed by atoms with E-state index < -0.39 is 11.2 Å². The van der Waals surface area contributed by atoms with Crippen molar-refractivity contribution < 1.29 is 4.42 Å². The van der Waals surface area contributed by atoms with Crippen molar-refractivity contribution in [3.63, 3.8) is 0 Å². The van der Waals surface area contributed by atoms with E-state index in [0.717, 1.165) is 5.56 Å². The lowest BCUT2D eigenvalue weighted by atomic mass is 10.2. The van der Waals surface area contributed by atoms with Crippen LogP contribution >= 0.6 is 0 Å². The zero-order valence-electron chi connectivity index (χ0n) is 8.17. The Morgan fingerprint density at radius 3 is 2.57 bits per heavy atom. The molecule has 5 heteroatoms. The van der Waals surface area contributed by atoms with Gasteiger partial charge in [-0.25, -0.2) is 4.79 Å². The fraction of sp³-hybridized carbons (Fsp3) is 0.333. The van der Waals surface area contributed by atoms with Crippen LogP contribution in [0.5, 0.6) is 0 Å². The number of fused-ring (bicyclic) bond motifs is 1. The highest BCUT2D eigenvalue weighted by Crippen LogP contribution is 2.18. The van der Waals surface area contributed by atoms with E-state index in [4.69, 9.17) is 4.42 Å². The summed E-state index contributed by atoms with van der Waals surface area (Å²) in [6, 6.07) is 0. The van der Waals surface area contributed by atoms with Gasteiger partial charge in [-0.15, -0.1) is 0 Å². The minimum Gasteiger partial charge on any atom is -0.444 e. The lowest BCUT2D eigenvalue weighted by molar-refractivity contribution is 0.541. The molecule has 0 unspecified atom stereocenters. The molecule has 0 aliphatic carbocycles. The Balaban J connectivity index is 3.18. The number of H-pyrrole nitrogens is 1. The van der Waals surface area contributed by atoms with Crippen LogP contribution in [-0.4, -0.2) is 9.55 Å². The number of aryl methyl sites for hydroxylation is 3. The van der Waals surface area contributed by atoms with Crippen molar-refractivity contribution in [1.82, 2.24) is 9.55 Å². The molecule has 5 nitrogen and oxygen atoms in total. The highest BCUT2D eigenvalue weighted by Gasteiger charge is 2.13. The van der Waals surface area contributed by atoms with Crippen LogP contribution in [0.4, 0.5) is 0 Å². The Morgan fingerprint density at radius 2 is 1.93 bits per heavy atom. The van der Waals surface area contributed by atoms with Crippen LogP contribution in [0.25, 0.3) is 11.1 Å². The molecule has 0 atom stereocenters. The fourth-order valence-corrected chi connectivity index (χ4v) is 1.45.